The van der Waals surface area contributed by atoms with Gasteiger partial charge in [0.2, 0.25) is 0 Å². The van der Waals surface area contributed by atoms with Crippen LogP contribution in [0.1, 0.15) is 29.4 Å². The summed E-state index contributed by atoms with van der Waals surface area (Å²) in [5.41, 5.74) is 1.02. The van der Waals surface area contributed by atoms with E-state index in [-0.39, 0.29) is 5.97 Å². The average Bonchev–Trinajstić information content (AvgIpc) is 2.94. The van der Waals surface area contributed by atoms with E-state index in [4.69, 9.17) is 4.84 Å². The summed E-state index contributed by atoms with van der Waals surface area (Å²) in [6.45, 7) is 3.29. The highest BCUT2D eigenvalue weighted by Gasteiger charge is 2.32. The Morgan fingerprint density at radius 1 is 1.50 bits per heavy atom. The Bertz CT molecular complexity index is 488. The predicted octanol–water partition coefficient (Wildman–Crippen LogP) is 3.01. The van der Waals surface area contributed by atoms with E-state index in [2.05, 4.69) is 33.2 Å². The van der Waals surface area contributed by atoms with Crippen molar-refractivity contribution in [2.24, 2.45) is 17.0 Å². The molecule has 0 amide bonds. The van der Waals surface area contributed by atoms with Gasteiger partial charge >= 0.3 is 5.97 Å². The lowest BCUT2D eigenvalue weighted by molar-refractivity contribution is -0.873. The quantitative estimate of drug-likeness (QED) is 0.486. The number of carbonyl (C=O) groups is 1. The normalized spacial score (nSPS) is 25.1. The molecule has 0 saturated heterocycles. The van der Waals surface area contributed by atoms with Gasteiger partial charge in [-0.05, 0) is 30.2 Å². The third-order valence-electron chi connectivity index (χ3n) is 3.53. The second-order valence-electron chi connectivity index (χ2n) is 6.62. The van der Waals surface area contributed by atoms with Gasteiger partial charge in [-0.25, -0.2) is 4.79 Å². The van der Waals surface area contributed by atoms with Crippen molar-refractivity contribution in [1.82, 2.24) is 0 Å². The van der Waals surface area contributed by atoms with Crippen molar-refractivity contribution in [3.05, 3.63) is 22.4 Å². The molecule has 2 rings (SSSR count). The van der Waals surface area contributed by atoms with Crippen LogP contribution < -0.4 is 0 Å². The minimum atomic E-state index is -0.352. The maximum atomic E-state index is 11.8. The standard InChI is InChI=1S/C15H23N2O2S/c1-11-8-12(10-17(2,3)4)9-13(11)16-19-15(18)14-6-5-7-20-14/h5-7,11-12H,8-10H2,1-4H3/q+1/b16-13+/t11-,12+/m1/s1. The molecule has 0 spiro atoms. The number of thiophene rings is 1. The summed E-state index contributed by atoms with van der Waals surface area (Å²) in [7, 11) is 6.61. The van der Waals surface area contributed by atoms with Crippen molar-refractivity contribution in [2.45, 2.75) is 19.8 Å². The van der Waals surface area contributed by atoms with E-state index in [1.54, 1.807) is 6.07 Å². The highest BCUT2D eigenvalue weighted by Crippen LogP contribution is 2.30. The molecule has 1 aliphatic rings. The van der Waals surface area contributed by atoms with Gasteiger partial charge in [-0.1, -0.05) is 18.1 Å². The van der Waals surface area contributed by atoms with Gasteiger partial charge < -0.3 is 9.32 Å². The zero-order valence-electron chi connectivity index (χ0n) is 12.6. The van der Waals surface area contributed by atoms with Crippen LogP contribution in [0.25, 0.3) is 0 Å². The minimum Gasteiger partial charge on any atom is -0.331 e. The van der Waals surface area contributed by atoms with Gasteiger partial charge in [-0.3, -0.25) is 0 Å². The average molecular weight is 295 g/mol. The molecule has 20 heavy (non-hydrogen) atoms. The van der Waals surface area contributed by atoms with Crippen LogP contribution in [-0.4, -0.2) is 43.9 Å². The lowest BCUT2D eigenvalue weighted by atomic mass is 10.1. The van der Waals surface area contributed by atoms with Gasteiger partial charge in [0.05, 0.1) is 33.4 Å². The minimum absolute atomic E-state index is 0.352. The molecule has 5 heteroatoms. The fourth-order valence-corrected chi connectivity index (χ4v) is 3.39. The molecule has 110 valence electrons. The molecule has 1 heterocycles. The molecule has 1 aliphatic carbocycles. The van der Waals surface area contributed by atoms with Crippen LogP contribution in [0, 0.1) is 11.8 Å². The first kappa shape index (κ1) is 15.2. The summed E-state index contributed by atoms with van der Waals surface area (Å²) in [4.78, 5) is 17.4. The summed E-state index contributed by atoms with van der Waals surface area (Å²) in [5, 5.41) is 5.97. The van der Waals surface area contributed by atoms with Gasteiger partial charge in [-0.15, -0.1) is 11.3 Å². The maximum absolute atomic E-state index is 11.8. The zero-order chi connectivity index (χ0) is 14.8. The predicted molar refractivity (Wildman–Crippen MR) is 82.0 cm³/mol. The van der Waals surface area contributed by atoms with E-state index in [0.29, 0.717) is 16.7 Å². The molecular formula is C15H23N2O2S+. The Morgan fingerprint density at radius 2 is 2.25 bits per heavy atom. The summed E-state index contributed by atoms with van der Waals surface area (Å²) in [6, 6.07) is 3.59. The van der Waals surface area contributed by atoms with Gasteiger partial charge in [-0.2, -0.15) is 0 Å². The molecule has 0 aliphatic heterocycles. The zero-order valence-corrected chi connectivity index (χ0v) is 13.4. The van der Waals surface area contributed by atoms with Crippen molar-refractivity contribution >= 4 is 23.0 Å². The molecule has 0 bridgehead atoms. The fraction of sp³-hybridized carbons (Fsp3) is 0.600. The first-order chi connectivity index (χ1) is 9.35. The van der Waals surface area contributed by atoms with Crippen LogP contribution in [0.4, 0.5) is 0 Å². The van der Waals surface area contributed by atoms with Crippen LogP contribution in [0.3, 0.4) is 0 Å². The third-order valence-corrected chi connectivity index (χ3v) is 4.38. The van der Waals surface area contributed by atoms with Crippen molar-refractivity contribution in [3.63, 3.8) is 0 Å². The molecule has 1 aromatic heterocycles. The SMILES string of the molecule is C[C@@H]1C[C@H](C[N+](C)(C)C)C/C1=N\OC(=O)c1cccs1. The largest absolute Gasteiger partial charge is 0.375 e. The molecule has 2 atom stereocenters. The lowest BCUT2D eigenvalue weighted by Crippen LogP contribution is -2.38. The van der Waals surface area contributed by atoms with Gasteiger partial charge in [0.15, 0.2) is 0 Å². The first-order valence-electron chi connectivity index (χ1n) is 6.97. The van der Waals surface area contributed by atoms with Crippen LogP contribution in [-0.2, 0) is 4.84 Å². The van der Waals surface area contributed by atoms with E-state index in [0.717, 1.165) is 29.6 Å². The number of rotatable bonds is 4. The Morgan fingerprint density at radius 3 is 2.85 bits per heavy atom. The molecule has 0 aromatic carbocycles. The molecule has 1 fully saturated rings. The Kier molecular flexibility index (Phi) is 4.60. The number of hydrogen-bond donors (Lipinski definition) is 0. The lowest BCUT2D eigenvalue weighted by Gasteiger charge is -2.27. The van der Waals surface area contributed by atoms with Crippen LogP contribution in [0.5, 0.6) is 0 Å². The van der Waals surface area contributed by atoms with Gasteiger partial charge in [0.25, 0.3) is 0 Å². The summed E-state index contributed by atoms with van der Waals surface area (Å²) >= 11 is 1.38. The second kappa shape index (κ2) is 6.06. The highest BCUT2D eigenvalue weighted by atomic mass is 32.1. The van der Waals surface area contributed by atoms with E-state index in [9.17, 15) is 4.79 Å². The van der Waals surface area contributed by atoms with Crippen molar-refractivity contribution in [1.29, 1.82) is 0 Å². The monoisotopic (exact) mass is 295 g/mol. The van der Waals surface area contributed by atoms with E-state index in [1.807, 2.05) is 11.4 Å². The van der Waals surface area contributed by atoms with Crippen molar-refractivity contribution in [2.75, 3.05) is 27.7 Å². The van der Waals surface area contributed by atoms with Crippen LogP contribution >= 0.6 is 11.3 Å². The number of quaternary nitrogens is 1. The fourth-order valence-electron chi connectivity index (χ4n) is 2.80. The van der Waals surface area contributed by atoms with Crippen molar-refractivity contribution < 1.29 is 14.1 Å². The molecule has 1 aromatic rings. The van der Waals surface area contributed by atoms with Gasteiger partial charge in [0.1, 0.15) is 4.88 Å². The Balaban J connectivity index is 1.92. The molecule has 1 saturated carbocycles. The number of oxime groups is 1. The van der Waals surface area contributed by atoms with Crippen molar-refractivity contribution in [3.8, 4) is 0 Å². The Labute approximate surface area is 124 Å². The van der Waals surface area contributed by atoms with E-state index in [1.165, 1.54) is 11.3 Å². The summed E-state index contributed by atoms with van der Waals surface area (Å²) < 4.78 is 0.958. The van der Waals surface area contributed by atoms with Crippen LogP contribution in [0.2, 0.25) is 0 Å². The smallest absolute Gasteiger partial charge is 0.331 e. The summed E-state index contributed by atoms with van der Waals surface area (Å²) in [5.74, 6) is 0.682. The third kappa shape index (κ3) is 4.15. The number of nitrogens with zero attached hydrogens (tertiary/aromatic N) is 2. The Hall–Kier alpha value is -1.20. The topological polar surface area (TPSA) is 38.7 Å². The van der Waals surface area contributed by atoms with E-state index < -0.39 is 0 Å². The molecule has 0 N–H and O–H groups in total. The molecule has 4 nitrogen and oxygen atoms in total. The van der Waals surface area contributed by atoms with Gasteiger partial charge in [0, 0.05) is 5.92 Å². The molecule has 0 radical (unpaired) electrons. The maximum Gasteiger partial charge on any atom is 0.375 e. The van der Waals surface area contributed by atoms with Crippen LogP contribution in [0.15, 0.2) is 22.7 Å². The first-order valence-corrected chi connectivity index (χ1v) is 7.85. The number of carbonyl (C=O) groups excluding carboxylic acids is 1. The second-order valence-corrected chi connectivity index (χ2v) is 7.57. The highest BCUT2D eigenvalue weighted by molar-refractivity contribution is 7.11. The molecule has 0 unspecified atom stereocenters. The summed E-state index contributed by atoms with van der Waals surface area (Å²) in [6.07, 6.45) is 2.07. The molecular weight excluding hydrogens is 272 g/mol. The van der Waals surface area contributed by atoms with E-state index >= 15 is 0 Å². The number of hydrogen-bond acceptors (Lipinski definition) is 4.